The molecule has 14 heteroatoms. The average molecular weight is 720 g/mol. The molecule has 0 aliphatic heterocycles. The molecular weight excluding hydrogens is 656 g/mol. The smallest absolute Gasteiger partial charge is 0.234 e. The van der Waals surface area contributed by atoms with Gasteiger partial charge < -0.3 is 15.3 Å². The Morgan fingerprint density at radius 2 is 1.43 bits per heavy atom. The molecule has 11 nitrogen and oxygen atoms in total. The van der Waals surface area contributed by atoms with E-state index >= 15 is 0 Å². The zero-order chi connectivity index (χ0) is 36.1. The molecule has 0 bridgehead atoms. The van der Waals surface area contributed by atoms with E-state index in [2.05, 4.69) is 10.7 Å². The Morgan fingerprint density at radius 3 is 2.00 bits per heavy atom. The molecule has 3 aliphatic carbocycles. The summed E-state index contributed by atoms with van der Waals surface area (Å²) in [5.41, 5.74) is 2.94. The van der Waals surface area contributed by atoms with Gasteiger partial charge in [0, 0.05) is 50.9 Å². The lowest BCUT2D eigenvalue weighted by Gasteiger charge is -2.37. The minimum Gasteiger partial charge on any atom is -0.390 e. The first-order valence-electron chi connectivity index (χ1n) is 18.8. The summed E-state index contributed by atoms with van der Waals surface area (Å²) in [6.45, 7) is 7.33. The summed E-state index contributed by atoms with van der Waals surface area (Å²) in [4.78, 5) is 42.2. The molecule has 0 heterocycles. The molecule has 3 amide bonds. The number of carbonyl (C=O) groups excluding carboxylic acids is 3. The van der Waals surface area contributed by atoms with Crippen LogP contribution in [0, 0.1) is 23.7 Å². The van der Waals surface area contributed by atoms with Gasteiger partial charge in [0.2, 0.25) is 27.7 Å². The molecule has 0 saturated heterocycles. The van der Waals surface area contributed by atoms with Crippen molar-refractivity contribution in [3.63, 3.8) is 0 Å². The van der Waals surface area contributed by atoms with Crippen LogP contribution in [0.1, 0.15) is 124 Å². The Balaban J connectivity index is 1.79. The largest absolute Gasteiger partial charge is 0.390 e. The number of rotatable bonds is 18. The molecule has 0 spiro atoms. The number of halogens is 2. The van der Waals surface area contributed by atoms with Crippen LogP contribution in [-0.2, 0) is 24.4 Å². The average Bonchev–Trinajstić information content (AvgIpc) is 3.03. The van der Waals surface area contributed by atoms with Crippen LogP contribution in [0.4, 0.5) is 8.78 Å². The van der Waals surface area contributed by atoms with Crippen LogP contribution in [-0.4, -0.2) is 97.1 Å². The highest BCUT2D eigenvalue weighted by atomic mass is 32.2. The summed E-state index contributed by atoms with van der Waals surface area (Å²) < 4.78 is 54.0. The van der Waals surface area contributed by atoms with Crippen LogP contribution in [0.5, 0.6) is 0 Å². The molecular formula is C35H63F2N5O6S. The fourth-order valence-corrected chi connectivity index (χ4v) is 9.23. The lowest BCUT2D eigenvalue weighted by molar-refractivity contribution is -0.138. The number of nitrogens with two attached hydrogens (primary N) is 1. The number of nitrogens with zero attached hydrogens (tertiary/aromatic N) is 2. The van der Waals surface area contributed by atoms with E-state index in [-0.39, 0.29) is 63.3 Å². The van der Waals surface area contributed by atoms with Crippen molar-refractivity contribution in [1.82, 2.24) is 20.7 Å². The SMILES string of the molecule is CCCN(CC(O)C(CC1CC(F)CC(F)C1)NC(=O)C1CC(C(=O)N(CCC)CCC)CC(S(N)(=O)=O)C1)NC(=O)CC1CCCCC1. The quantitative estimate of drug-likeness (QED) is 0.155. The maximum Gasteiger partial charge on any atom is 0.234 e. The van der Waals surface area contributed by atoms with Gasteiger partial charge in [-0.1, -0.05) is 40.0 Å². The summed E-state index contributed by atoms with van der Waals surface area (Å²) in [6.07, 6.45) is 4.36. The molecule has 0 aromatic rings. The van der Waals surface area contributed by atoms with E-state index in [1.807, 2.05) is 20.8 Å². The van der Waals surface area contributed by atoms with E-state index in [4.69, 9.17) is 5.14 Å². The molecule has 0 aromatic heterocycles. The van der Waals surface area contributed by atoms with Gasteiger partial charge in [-0.05, 0) is 82.5 Å². The third-order valence-electron chi connectivity index (χ3n) is 10.6. The number of amides is 3. The number of nitrogens with one attached hydrogen (secondary N) is 2. The highest BCUT2D eigenvalue weighted by Gasteiger charge is 2.43. The first-order valence-corrected chi connectivity index (χ1v) is 20.5. The minimum atomic E-state index is -4.06. The number of sulfonamides is 1. The zero-order valence-corrected chi connectivity index (χ0v) is 30.8. The fourth-order valence-electron chi connectivity index (χ4n) is 8.23. The van der Waals surface area contributed by atoms with Gasteiger partial charge in [-0.2, -0.15) is 0 Å². The van der Waals surface area contributed by atoms with Gasteiger partial charge in [-0.25, -0.2) is 27.3 Å². The van der Waals surface area contributed by atoms with Crippen molar-refractivity contribution in [3.05, 3.63) is 0 Å². The van der Waals surface area contributed by atoms with Crippen molar-refractivity contribution in [2.75, 3.05) is 26.2 Å². The highest BCUT2D eigenvalue weighted by Crippen LogP contribution is 2.36. The van der Waals surface area contributed by atoms with Crippen molar-refractivity contribution in [1.29, 1.82) is 0 Å². The van der Waals surface area contributed by atoms with Crippen molar-refractivity contribution in [2.24, 2.45) is 28.8 Å². The predicted molar refractivity (Wildman–Crippen MR) is 186 cm³/mol. The molecule has 284 valence electrons. The highest BCUT2D eigenvalue weighted by molar-refractivity contribution is 7.89. The van der Waals surface area contributed by atoms with Gasteiger partial charge in [-0.3, -0.25) is 19.8 Å². The standard InChI is InChI=1S/C35H63F2N5O6S/c1-4-12-41(13-5-2)35(46)27-19-26(20-30(21-27)49(38,47)48)34(45)39-31(17-25-15-28(36)22-29(37)16-25)32(43)23-42(14-6-3)40-33(44)18-24-10-8-7-9-11-24/h24-32,43H,4-23H2,1-3H3,(H,39,45)(H,40,44)(H2,38,47,48). The molecule has 7 unspecified atom stereocenters. The summed E-state index contributed by atoms with van der Waals surface area (Å²) >= 11 is 0. The van der Waals surface area contributed by atoms with Crippen molar-refractivity contribution < 1.29 is 36.7 Å². The molecule has 3 saturated carbocycles. The topological polar surface area (TPSA) is 162 Å². The molecule has 0 aromatic carbocycles. The van der Waals surface area contributed by atoms with E-state index < -0.39 is 63.4 Å². The van der Waals surface area contributed by atoms with Crippen LogP contribution >= 0.6 is 0 Å². The van der Waals surface area contributed by atoms with E-state index in [9.17, 15) is 36.7 Å². The third-order valence-corrected chi connectivity index (χ3v) is 11.9. The van der Waals surface area contributed by atoms with Crippen LogP contribution in [0.25, 0.3) is 0 Å². The van der Waals surface area contributed by atoms with Gasteiger partial charge in [0.25, 0.3) is 0 Å². The monoisotopic (exact) mass is 719 g/mol. The maximum atomic E-state index is 14.4. The summed E-state index contributed by atoms with van der Waals surface area (Å²) in [5.74, 6) is -2.56. The zero-order valence-electron chi connectivity index (χ0n) is 30.0. The van der Waals surface area contributed by atoms with Crippen molar-refractivity contribution in [2.45, 2.75) is 153 Å². The Hall–Kier alpha value is -1.90. The number of alkyl halides is 2. The number of hydrogen-bond donors (Lipinski definition) is 4. The Kier molecular flexibility index (Phi) is 17.1. The van der Waals surface area contributed by atoms with Gasteiger partial charge in [-0.15, -0.1) is 0 Å². The second-order valence-corrected chi connectivity index (χ2v) is 16.9. The van der Waals surface area contributed by atoms with E-state index in [1.165, 1.54) is 6.42 Å². The molecule has 3 aliphatic rings. The second-order valence-electron chi connectivity index (χ2n) is 15.0. The van der Waals surface area contributed by atoms with E-state index in [0.29, 0.717) is 38.4 Å². The summed E-state index contributed by atoms with van der Waals surface area (Å²) in [6, 6.07) is -0.926. The molecule has 0 radical (unpaired) electrons. The van der Waals surface area contributed by atoms with Crippen LogP contribution in [0.2, 0.25) is 0 Å². The van der Waals surface area contributed by atoms with Gasteiger partial charge >= 0.3 is 0 Å². The second kappa shape index (κ2) is 20.2. The molecule has 5 N–H and O–H groups in total. The van der Waals surface area contributed by atoms with Crippen molar-refractivity contribution in [3.8, 4) is 0 Å². The lowest BCUT2D eigenvalue weighted by Crippen LogP contribution is -2.55. The summed E-state index contributed by atoms with van der Waals surface area (Å²) in [7, 11) is -4.06. The number of aliphatic hydroxyl groups excluding tert-OH is 1. The molecule has 3 fully saturated rings. The number of primary sulfonamides is 1. The van der Waals surface area contributed by atoms with Crippen LogP contribution in [0.15, 0.2) is 0 Å². The minimum absolute atomic E-state index is 0.0192. The van der Waals surface area contributed by atoms with Gasteiger partial charge in [0.1, 0.15) is 12.3 Å². The number of hydrogen-bond acceptors (Lipinski definition) is 7. The van der Waals surface area contributed by atoms with Crippen LogP contribution < -0.4 is 15.9 Å². The molecule has 3 rings (SSSR count). The maximum absolute atomic E-state index is 14.4. The molecule has 7 atom stereocenters. The Labute approximate surface area is 292 Å². The molecule has 49 heavy (non-hydrogen) atoms. The van der Waals surface area contributed by atoms with Gasteiger partial charge in [0.15, 0.2) is 0 Å². The fraction of sp³-hybridized carbons (Fsp3) is 0.914. The van der Waals surface area contributed by atoms with E-state index in [0.717, 1.165) is 38.5 Å². The van der Waals surface area contributed by atoms with Gasteiger partial charge in [0.05, 0.1) is 17.4 Å². The van der Waals surface area contributed by atoms with E-state index in [1.54, 1.807) is 9.91 Å². The number of aliphatic hydroxyl groups is 1. The first kappa shape index (κ1) is 41.5. The lowest BCUT2D eigenvalue weighted by atomic mass is 9.79. The Bertz CT molecular complexity index is 1140. The predicted octanol–water partition coefficient (Wildman–Crippen LogP) is 4.13. The van der Waals surface area contributed by atoms with Crippen LogP contribution in [0.3, 0.4) is 0 Å². The van der Waals surface area contributed by atoms with Crippen molar-refractivity contribution >= 4 is 27.7 Å². The first-order chi connectivity index (χ1) is 23.2. The summed E-state index contributed by atoms with van der Waals surface area (Å²) in [5, 5.41) is 20.6. The Morgan fingerprint density at radius 1 is 0.837 bits per heavy atom. The number of carbonyl (C=O) groups is 3. The third kappa shape index (κ3) is 13.6. The normalized spacial score (nSPS) is 28.1. The number of hydrazine groups is 1.